The highest BCUT2D eigenvalue weighted by Crippen LogP contribution is 2.01. The van der Waals surface area contributed by atoms with Crippen molar-refractivity contribution in [3.05, 3.63) is 6.92 Å². The second kappa shape index (κ2) is 7.58. The summed E-state index contributed by atoms with van der Waals surface area (Å²) in [5.74, 6) is -0.416. The van der Waals surface area contributed by atoms with Crippen molar-refractivity contribution in [2.45, 2.75) is 39.0 Å². The highest BCUT2D eigenvalue weighted by Gasteiger charge is 1.92. The summed E-state index contributed by atoms with van der Waals surface area (Å²) in [4.78, 5) is 10.2. The van der Waals surface area contributed by atoms with Gasteiger partial charge in [0.1, 0.15) is 0 Å². The van der Waals surface area contributed by atoms with Crippen molar-refractivity contribution in [1.82, 2.24) is 0 Å². The first-order valence-electron chi connectivity index (χ1n) is 4.26. The van der Waals surface area contributed by atoms with Crippen molar-refractivity contribution in [2.24, 2.45) is 0 Å². The molecule has 0 spiro atoms. The first-order chi connectivity index (χ1) is 5.27. The SMILES string of the molecule is [CH2]C(=O)OCCCCCCC. The monoisotopic (exact) mass is 157 g/mol. The number of ether oxygens (including phenoxy) is 1. The maximum Gasteiger partial charge on any atom is 0.306 e. The van der Waals surface area contributed by atoms with Gasteiger partial charge in [0.2, 0.25) is 0 Å². The van der Waals surface area contributed by atoms with Crippen LogP contribution in [0.3, 0.4) is 0 Å². The average Bonchev–Trinajstić information content (AvgIpc) is 1.96. The summed E-state index contributed by atoms with van der Waals surface area (Å²) in [7, 11) is 0. The molecule has 0 aromatic heterocycles. The lowest BCUT2D eigenvalue weighted by Gasteiger charge is -2.00. The van der Waals surface area contributed by atoms with Gasteiger partial charge in [0.15, 0.2) is 0 Å². The van der Waals surface area contributed by atoms with Crippen LogP contribution in [0.15, 0.2) is 0 Å². The molecular weight excluding hydrogens is 140 g/mol. The van der Waals surface area contributed by atoms with E-state index in [-0.39, 0.29) is 0 Å². The van der Waals surface area contributed by atoms with E-state index in [4.69, 9.17) is 0 Å². The van der Waals surface area contributed by atoms with Crippen LogP contribution in [-0.2, 0) is 9.53 Å². The number of hydrogen-bond donors (Lipinski definition) is 0. The number of carbonyl (C=O) groups is 1. The molecule has 0 unspecified atom stereocenters. The second-order valence-electron chi connectivity index (χ2n) is 2.63. The van der Waals surface area contributed by atoms with E-state index >= 15 is 0 Å². The minimum Gasteiger partial charge on any atom is -0.466 e. The van der Waals surface area contributed by atoms with Gasteiger partial charge in [-0.1, -0.05) is 32.6 Å². The Hall–Kier alpha value is -0.530. The first-order valence-corrected chi connectivity index (χ1v) is 4.26. The summed E-state index contributed by atoms with van der Waals surface area (Å²) in [5, 5.41) is 0. The van der Waals surface area contributed by atoms with Crippen LogP contribution in [0.2, 0.25) is 0 Å². The molecule has 65 valence electrons. The quantitative estimate of drug-likeness (QED) is 0.437. The predicted octanol–water partition coefficient (Wildman–Crippen LogP) is 2.33. The zero-order chi connectivity index (χ0) is 8.53. The van der Waals surface area contributed by atoms with E-state index in [0.717, 1.165) is 12.8 Å². The normalized spacial score (nSPS) is 9.64. The zero-order valence-electron chi connectivity index (χ0n) is 7.27. The fraction of sp³-hybridized carbons (Fsp3) is 0.778. The van der Waals surface area contributed by atoms with Gasteiger partial charge < -0.3 is 4.74 Å². The van der Waals surface area contributed by atoms with E-state index in [1.807, 2.05) is 0 Å². The van der Waals surface area contributed by atoms with Crippen molar-refractivity contribution in [3.63, 3.8) is 0 Å². The Morgan fingerprint density at radius 1 is 1.27 bits per heavy atom. The maximum atomic E-state index is 10.2. The lowest BCUT2D eigenvalue weighted by atomic mass is 10.2. The summed E-state index contributed by atoms with van der Waals surface area (Å²) >= 11 is 0. The summed E-state index contributed by atoms with van der Waals surface area (Å²) in [6.07, 6.45) is 5.89. The molecule has 11 heavy (non-hydrogen) atoms. The minimum absolute atomic E-state index is 0.416. The Morgan fingerprint density at radius 3 is 2.45 bits per heavy atom. The predicted molar refractivity (Wildman–Crippen MR) is 45.1 cm³/mol. The Balaban J connectivity index is 2.85. The van der Waals surface area contributed by atoms with Crippen LogP contribution in [0.4, 0.5) is 0 Å². The van der Waals surface area contributed by atoms with E-state index in [1.54, 1.807) is 0 Å². The van der Waals surface area contributed by atoms with Crippen LogP contribution in [0.25, 0.3) is 0 Å². The lowest BCUT2D eigenvalue weighted by Crippen LogP contribution is -2.00. The van der Waals surface area contributed by atoms with E-state index < -0.39 is 5.97 Å². The number of hydrogen-bond acceptors (Lipinski definition) is 2. The topological polar surface area (TPSA) is 26.3 Å². The first kappa shape index (κ1) is 10.5. The van der Waals surface area contributed by atoms with Gasteiger partial charge in [-0.2, -0.15) is 0 Å². The molecular formula is C9H17O2. The molecule has 2 heteroatoms. The minimum atomic E-state index is -0.416. The summed E-state index contributed by atoms with van der Waals surface area (Å²) in [6.45, 7) is 5.82. The molecule has 2 nitrogen and oxygen atoms in total. The van der Waals surface area contributed by atoms with Crippen LogP contribution in [0.5, 0.6) is 0 Å². The summed E-state index contributed by atoms with van der Waals surface area (Å²) < 4.78 is 4.67. The summed E-state index contributed by atoms with van der Waals surface area (Å²) in [5.41, 5.74) is 0. The van der Waals surface area contributed by atoms with Crippen molar-refractivity contribution < 1.29 is 9.53 Å². The van der Waals surface area contributed by atoms with E-state index in [2.05, 4.69) is 18.6 Å². The number of esters is 1. The molecule has 0 aromatic rings. The van der Waals surface area contributed by atoms with Gasteiger partial charge in [-0.25, -0.2) is 0 Å². The van der Waals surface area contributed by atoms with Crippen molar-refractivity contribution in [1.29, 1.82) is 0 Å². The molecule has 0 fully saturated rings. The van der Waals surface area contributed by atoms with Crippen LogP contribution in [0, 0.1) is 6.92 Å². The van der Waals surface area contributed by atoms with Gasteiger partial charge in [0.25, 0.3) is 0 Å². The Morgan fingerprint density at radius 2 is 1.91 bits per heavy atom. The second-order valence-corrected chi connectivity index (χ2v) is 2.63. The molecule has 0 amide bonds. The Labute approximate surface area is 68.9 Å². The molecule has 0 saturated heterocycles. The van der Waals surface area contributed by atoms with Gasteiger partial charge in [-0.3, -0.25) is 4.79 Å². The van der Waals surface area contributed by atoms with Crippen molar-refractivity contribution in [3.8, 4) is 0 Å². The molecule has 0 N–H and O–H groups in total. The fourth-order valence-electron chi connectivity index (χ4n) is 0.892. The largest absolute Gasteiger partial charge is 0.466 e. The van der Waals surface area contributed by atoms with Gasteiger partial charge in [0.05, 0.1) is 13.5 Å². The van der Waals surface area contributed by atoms with Crippen LogP contribution >= 0.6 is 0 Å². The lowest BCUT2D eigenvalue weighted by molar-refractivity contribution is -0.138. The maximum absolute atomic E-state index is 10.2. The van der Waals surface area contributed by atoms with Crippen molar-refractivity contribution in [2.75, 3.05) is 6.61 Å². The number of carbonyl (C=O) groups excluding carboxylic acids is 1. The Bertz CT molecular complexity index is 99.7. The standard InChI is InChI=1S/C9H17O2/c1-3-4-5-6-7-8-11-9(2)10/h2-8H2,1H3. The third-order valence-electron chi connectivity index (χ3n) is 1.51. The molecule has 0 rings (SSSR count). The third-order valence-corrected chi connectivity index (χ3v) is 1.51. The van der Waals surface area contributed by atoms with E-state index in [0.29, 0.717) is 6.61 Å². The molecule has 0 aliphatic rings. The molecule has 0 aliphatic carbocycles. The van der Waals surface area contributed by atoms with Crippen LogP contribution in [0.1, 0.15) is 39.0 Å². The molecule has 0 aliphatic heterocycles. The van der Waals surface area contributed by atoms with Gasteiger partial charge >= 0.3 is 5.97 Å². The van der Waals surface area contributed by atoms with Gasteiger partial charge in [-0.15, -0.1) is 0 Å². The molecule has 0 atom stereocenters. The average molecular weight is 157 g/mol. The number of rotatable bonds is 6. The zero-order valence-corrected chi connectivity index (χ0v) is 7.27. The van der Waals surface area contributed by atoms with Gasteiger partial charge in [0, 0.05) is 0 Å². The number of unbranched alkanes of at least 4 members (excludes halogenated alkanes) is 4. The Kier molecular flexibility index (Phi) is 7.21. The van der Waals surface area contributed by atoms with E-state index in [1.165, 1.54) is 19.3 Å². The smallest absolute Gasteiger partial charge is 0.306 e. The molecule has 0 bridgehead atoms. The molecule has 0 aromatic carbocycles. The summed E-state index contributed by atoms with van der Waals surface area (Å²) in [6, 6.07) is 0. The molecule has 0 saturated carbocycles. The fourth-order valence-corrected chi connectivity index (χ4v) is 0.892. The molecule has 0 heterocycles. The van der Waals surface area contributed by atoms with Crippen molar-refractivity contribution >= 4 is 5.97 Å². The molecule has 1 radical (unpaired) electrons. The van der Waals surface area contributed by atoms with Crippen LogP contribution in [-0.4, -0.2) is 12.6 Å². The highest BCUT2D eigenvalue weighted by molar-refractivity contribution is 5.73. The third kappa shape index (κ3) is 9.47. The van der Waals surface area contributed by atoms with Gasteiger partial charge in [-0.05, 0) is 6.42 Å². The highest BCUT2D eigenvalue weighted by atomic mass is 16.5. The van der Waals surface area contributed by atoms with E-state index in [9.17, 15) is 4.79 Å². The van der Waals surface area contributed by atoms with Crippen LogP contribution < -0.4 is 0 Å².